The predicted molar refractivity (Wildman–Crippen MR) is 134 cm³/mol. The first-order valence-electron chi connectivity index (χ1n) is 11.5. The van der Waals surface area contributed by atoms with E-state index in [1.807, 2.05) is 19.9 Å². The van der Waals surface area contributed by atoms with Crippen molar-refractivity contribution in [2.24, 2.45) is 0 Å². The number of pyridine rings is 1. The van der Waals surface area contributed by atoms with Gasteiger partial charge >= 0.3 is 0 Å². The summed E-state index contributed by atoms with van der Waals surface area (Å²) in [6, 6.07) is 3.59. The molecule has 0 fully saturated rings. The highest BCUT2D eigenvalue weighted by atomic mass is 19.1. The Kier molecular flexibility index (Phi) is 7.61. The number of aromatic nitrogens is 4. The van der Waals surface area contributed by atoms with Gasteiger partial charge in [0.1, 0.15) is 12.0 Å². The molecule has 1 amide bonds. The molecule has 3 heterocycles. The Hall–Kier alpha value is -3.31. The zero-order valence-corrected chi connectivity index (χ0v) is 20.9. The van der Waals surface area contributed by atoms with Gasteiger partial charge in [0.2, 0.25) is 5.95 Å². The number of carbonyl (C=O) groups is 1. The molecule has 0 aliphatic heterocycles. The first-order chi connectivity index (χ1) is 16.2. The quantitative estimate of drug-likeness (QED) is 0.294. The number of aliphatic hydroxyl groups is 2. The second kappa shape index (κ2) is 10.1. The molecule has 10 nitrogen and oxygen atoms in total. The van der Waals surface area contributed by atoms with Gasteiger partial charge in [0, 0.05) is 42.6 Å². The summed E-state index contributed by atoms with van der Waals surface area (Å²) in [7, 11) is 0. The Morgan fingerprint density at radius 2 is 1.89 bits per heavy atom. The minimum atomic E-state index is -1.62. The molecule has 3 aromatic heterocycles. The van der Waals surface area contributed by atoms with Crippen molar-refractivity contribution >= 4 is 28.6 Å². The number of fused-ring (bicyclic) bond motifs is 1. The molecule has 35 heavy (non-hydrogen) atoms. The molecule has 0 saturated heterocycles. The second-order valence-electron chi connectivity index (χ2n) is 10.0. The summed E-state index contributed by atoms with van der Waals surface area (Å²) in [5.74, 6) is 0.382. The standard InChI is InChI=1S/C24H34FN7O3/c1-14(2)30-17-9-19(26-11-16(17)21(33)27-12-18(25)24(5,6)35)32-8-7-15-10-28-22(31-20(15)32)29-13-23(3,4)34/h7-11,14,18,34-35H,12-13H2,1-6H3,(H,26,30)(H,27,33)(H,28,29,31)/t18-/m1/s1. The molecule has 0 bridgehead atoms. The molecule has 0 radical (unpaired) electrons. The number of hydrogen-bond donors (Lipinski definition) is 5. The second-order valence-corrected chi connectivity index (χ2v) is 10.0. The van der Waals surface area contributed by atoms with Gasteiger partial charge in [-0.1, -0.05) is 0 Å². The highest BCUT2D eigenvalue weighted by Crippen LogP contribution is 2.24. The van der Waals surface area contributed by atoms with E-state index in [0.717, 1.165) is 5.39 Å². The van der Waals surface area contributed by atoms with E-state index in [9.17, 15) is 19.4 Å². The highest BCUT2D eigenvalue weighted by molar-refractivity contribution is 5.99. The van der Waals surface area contributed by atoms with Gasteiger partial charge in [-0.2, -0.15) is 4.98 Å². The molecule has 1 atom stereocenters. The number of amides is 1. The topological polar surface area (TPSA) is 137 Å². The molecule has 0 aliphatic carbocycles. The Balaban J connectivity index is 1.92. The van der Waals surface area contributed by atoms with E-state index in [4.69, 9.17) is 0 Å². The van der Waals surface area contributed by atoms with Gasteiger partial charge in [-0.05, 0) is 47.6 Å². The molecule has 0 saturated carbocycles. The monoisotopic (exact) mass is 487 g/mol. The molecule has 0 aromatic carbocycles. The van der Waals surface area contributed by atoms with Crippen LogP contribution in [0.1, 0.15) is 51.9 Å². The molecule has 5 N–H and O–H groups in total. The third-order valence-corrected chi connectivity index (χ3v) is 5.14. The van der Waals surface area contributed by atoms with Gasteiger partial charge in [-0.15, -0.1) is 0 Å². The average Bonchev–Trinajstić information content (AvgIpc) is 3.17. The van der Waals surface area contributed by atoms with Crippen LogP contribution in [-0.4, -0.2) is 72.1 Å². The van der Waals surface area contributed by atoms with Crippen LogP contribution in [0.3, 0.4) is 0 Å². The van der Waals surface area contributed by atoms with Crippen LogP contribution in [0.5, 0.6) is 0 Å². The van der Waals surface area contributed by atoms with Crippen molar-refractivity contribution in [3.8, 4) is 5.82 Å². The van der Waals surface area contributed by atoms with Crippen molar-refractivity contribution in [2.45, 2.75) is 65.0 Å². The van der Waals surface area contributed by atoms with E-state index in [2.05, 4.69) is 30.9 Å². The van der Waals surface area contributed by atoms with Crippen LogP contribution < -0.4 is 16.0 Å². The van der Waals surface area contributed by atoms with Crippen LogP contribution in [0.2, 0.25) is 0 Å². The van der Waals surface area contributed by atoms with Gasteiger partial charge in [0.15, 0.2) is 5.65 Å². The molecular formula is C24H34FN7O3. The zero-order valence-electron chi connectivity index (χ0n) is 20.9. The molecule has 3 aromatic rings. The van der Waals surface area contributed by atoms with Crippen LogP contribution in [0.25, 0.3) is 16.9 Å². The molecule has 0 spiro atoms. The predicted octanol–water partition coefficient (Wildman–Crippen LogP) is 2.66. The third kappa shape index (κ3) is 6.86. The van der Waals surface area contributed by atoms with Crippen molar-refractivity contribution in [3.63, 3.8) is 0 Å². The van der Waals surface area contributed by atoms with Crippen LogP contribution in [0.4, 0.5) is 16.0 Å². The Morgan fingerprint density at radius 3 is 2.51 bits per heavy atom. The van der Waals surface area contributed by atoms with E-state index in [1.54, 1.807) is 36.9 Å². The summed E-state index contributed by atoms with van der Waals surface area (Å²) >= 11 is 0. The average molecular weight is 488 g/mol. The summed E-state index contributed by atoms with van der Waals surface area (Å²) in [6.07, 6.45) is 3.28. The van der Waals surface area contributed by atoms with E-state index >= 15 is 0 Å². The van der Waals surface area contributed by atoms with Crippen LogP contribution in [-0.2, 0) is 0 Å². The van der Waals surface area contributed by atoms with Crippen molar-refractivity contribution in [3.05, 3.63) is 36.3 Å². The number of anilines is 2. The number of halogens is 1. The minimum Gasteiger partial charge on any atom is -0.389 e. The molecule has 190 valence electrons. The Morgan fingerprint density at radius 1 is 1.17 bits per heavy atom. The summed E-state index contributed by atoms with van der Waals surface area (Å²) in [6.45, 7) is 9.89. The SMILES string of the molecule is CC(C)Nc1cc(-n2ccc3cnc(NCC(C)(C)O)nc32)ncc1C(=O)NC[C@@H](F)C(C)(C)O. The smallest absolute Gasteiger partial charge is 0.255 e. The maximum atomic E-state index is 14.1. The summed E-state index contributed by atoms with van der Waals surface area (Å²) in [5, 5.41) is 29.3. The lowest BCUT2D eigenvalue weighted by atomic mass is 10.0. The first kappa shape index (κ1) is 26.3. The van der Waals surface area contributed by atoms with Gasteiger partial charge < -0.3 is 26.2 Å². The minimum absolute atomic E-state index is 0.0171. The number of carbonyl (C=O) groups excluding carboxylic acids is 1. The van der Waals surface area contributed by atoms with Crippen LogP contribution >= 0.6 is 0 Å². The summed E-state index contributed by atoms with van der Waals surface area (Å²) in [4.78, 5) is 26.1. The Bertz CT molecular complexity index is 1180. The number of hydrogen-bond acceptors (Lipinski definition) is 8. The fourth-order valence-electron chi connectivity index (χ4n) is 3.20. The van der Waals surface area contributed by atoms with Gasteiger partial charge in [-0.25, -0.2) is 14.4 Å². The molecule has 0 aliphatic rings. The maximum Gasteiger partial charge on any atom is 0.255 e. The van der Waals surface area contributed by atoms with E-state index < -0.39 is 23.3 Å². The lowest BCUT2D eigenvalue weighted by molar-refractivity contribution is -0.00177. The fraction of sp³-hybridized carbons (Fsp3) is 0.500. The van der Waals surface area contributed by atoms with E-state index in [1.165, 1.54) is 20.0 Å². The number of rotatable bonds is 10. The van der Waals surface area contributed by atoms with Crippen molar-refractivity contribution in [2.75, 3.05) is 23.7 Å². The van der Waals surface area contributed by atoms with Crippen molar-refractivity contribution in [1.82, 2.24) is 24.8 Å². The highest BCUT2D eigenvalue weighted by Gasteiger charge is 2.27. The third-order valence-electron chi connectivity index (χ3n) is 5.14. The molecular weight excluding hydrogens is 453 g/mol. The Labute approximate surface area is 204 Å². The van der Waals surface area contributed by atoms with Crippen LogP contribution in [0, 0.1) is 0 Å². The normalized spacial score (nSPS) is 13.2. The van der Waals surface area contributed by atoms with Gasteiger partial charge in [-0.3, -0.25) is 9.36 Å². The molecule has 3 rings (SSSR count). The van der Waals surface area contributed by atoms with E-state index in [-0.39, 0.29) is 24.7 Å². The van der Waals surface area contributed by atoms with Gasteiger partial charge in [0.25, 0.3) is 5.91 Å². The number of nitrogens with zero attached hydrogens (tertiary/aromatic N) is 4. The van der Waals surface area contributed by atoms with Crippen molar-refractivity contribution in [1.29, 1.82) is 0 Å². The number of alkyl halides is 1. The first-order valence-corrected chi connectivity index (χ1v) is 11.5. The zero-order chi connectivity index (χ0) is 26.0. The molecule has 0 unspecified atom stereocenters. The lowest BCUT2D eigenvalue weighted by Gasteiger charge is -2.23. The fourth-order valence-corrected chi connectivity index (χ4v) is 3.20. The summed E-state index contributed by atoms with van der Waals surface area (Å²) in [5.41, 5.74) is -1.11. The maximum absolute atomic E-state index is 14.1. The molecule has 11 heteroatoms. The summed E-state index contributed by atoms with van der Waals surface area (Å²) < 4.78 is 15.9. The van der Waals surface area contributed by atoms with Gasteiger partial charge in [0.05, 0.1) is 29.0 Å². The number of nitrogens with one attached hydrogen (secondary N) is 3. The van der Waals surface area contributed by atoms with Crippen LogP contribution in [0.15, 0.2) is 30.7 Å². The van der Waals surface area contributed by atoms with Crippen molar-refractivity contribution < 1.29 is 19.4 Å². The lowest BCUT2D eigenvalue weighted by Crippen LogP contribution is -2.42. The van der Waals surface area contributed by atoms with E-state index in [0.29, 0.717) is 23.1 Å². The largest absolute Gasteiger partial charge is 0.389 e.